The minimum atomic E-state index is -0.927. The van der Waals surface area contributed by atoms with E-state index in [-0.39, 0.29) is 10.8 Å². The van der Waals surface area contributed by atoms with Crippen LogP contribution in [-0.2, 0) is 15.6 Å². The number of allylic oxidation sites excluding steroid dienone is 5. The summed E-state index contributed by atoms with van der Waals surface area (Å²) in [6, 6.07) is 4.54. The minimum absolute atomic E-state index is 0.0522. The van der Waals surface area contributed by atoms with Crippen LogP contribution in [-0.4, -0.2) is 17.7 Å². The lowest BCUT2D eigenvalue weighted by molar-refractivity contribution is -0.131. The normalized spacial score (nSPS) is 13.6. The zero-order valence-electron chi connectivity index (χ0n) is 23.2. The molecule has 1 rings (SSSR count). The largest absolute Gasteiger partial charge is 0.493 e. The average molecular weight is 469 g/mol. The second-order valence-corrected chi connectivity index (χ2v) is 11.5. The number of benzene rings is 1. The molecule has 190 valence electrons. The highest BCUT2D eigenvalue weighted by Crippen LogP contribution is 2.42. The summed E-state index contributed by atoms with van der Waals surface area (Å²) < 4.78 is 6.52. The monoisotopic (exact) mass is 468 g/mol. The fourth-order valence-corrected chi connectivity index (χ4v) is 3.87. The molecular weight excluding hydrogens is 420 g/mol. The van der Waals surface area contributed by atoms with E-state index >= 15 is 0 Å². The van der Waals surface area contributed by atoms with Crippen LogP contribution in [0.1, 0.15) is 118 Å². The lowest BCUT2D eigenvalue weighted by Crippen LogP contribution is -2.20. The maximum Gasteiger partial charge on any atom is 0.328 e. The van der Waals surface area contributed by atoms with E-state index in [0.29, 0.717) is 5.57 Å². The SMILES string of the molecule is CCCCCCCCOc1c(C(C)(C)C)cc(/C(C)=C/C=C/C(C)=C/C(=O)O)cc1C(C)(C)C. The molecule has 0 aromatic heterocycles. The highest BCUT2D eigenvalue weighted by atomic mass is 16.5. The van der Waals surface area contributed by atoms with Gasteiger partial charge >= 0.3 is 5.97 Å². The first-order valence-electron chi connectivity index (χ1n) is 12.9. The predicted octanol–water partition coefficient (Wildman–Crippen LogP) is 9.01. The van der Waals surface area contributed by atoms with Crippen LogP contribution in [0.2, 0.25) is 0 Å². The number of aliphatic carboxylic acids is 1. The smallest absolute Gasteiger partial charge is 0.328 e. The topological polar surface area (TPSA) is 46.5 Å². The van der Waals surface area contributed by atoms with E-state index in [1.807, 2.05) is 18.2 Å². The molecule has 0 radical (unpaired) electrons. The second-order valence-electron chi connectivity index (χ2n) is 11.5. The molecule has 0 spiro atoms. The van der Waals surface area contributed by atoms with E-state index in [0.717, 1.165) is 24.4 Å². The van der Waals surface area contributed by atoms with Gasteiger partial charge in [0.2, 0.25) is 0 Å². The molecule has 1 aromatic carbocycles. The lowest BCUT2D eigenvalue weighted by atomic mass is 9.77. The van der Waals surface area contributed by atoms with Gasteiger partial charge in [-0.1, -0.05) is 98.8 Å². The fourth-order valence-electron chi connectivity index (χ4n) is 3.87. The van der Waals surface area contributed by atoms with Gasteiger partial charge in [0.05, 0.1) is 6.61 Å². The Bertz CT molecular complexity index is 851. The van der Waals surface area contributed by atoms with Gasteiger partial charge in [0.25, 0.3) is 0 Å². The Morgan fingerprint density at radius 2 is 1.44 bits per heavy atom. The van der Waals surface area contributed by atoms with Crippen LogP contribution in [0.3, 0.4) is 0 Å². The minimum Gasteiger partial charge on any atom is -0.493 e. The zero-order chi connectivity index (χ0) is 25.9. The molecular formula is C31H48O3. The van der Waals surface area contributed by atoms with E-state index < -0.39 is 5.97 Å². The summed E-state index contributed by atoms with van der Waals surface area (Å²) in [4.78, 5) is 10.8. The van der Waals surface area contributed by atoms with Gasteiger partial charge in [-0.05, 0) is 59.9 Å². The Hall–Kier alpha value is -2.29. The molecule has 1 N–H and O–H groups in total. The van der Waals surface area contributed by atoms with Crippen LogP contribution >= 0.6 is 0 Å². The van der Waals surface area contributed by atoms with Crippen molar-refractivity contribution in [3.05, 3.63) is 58.7 Å². The van der Waals surface area contributed by atoms with Crippen LogP contribution < -0.4 is 4.74 Å². The molecule has 3 nitrogen and oxygen atoms in total. The molecule has 0 atom stereocenters. The molecule has 0 saturated heterocycles. The Morgan fingerprint density at radius 3 is 1.94 bits per heavy atom. The number of hydrogen-bond donors (Lipinski definition) is 1. The van der Waals surface area contributed by atoms with E-state index in [1.54, 1.807) is 6.92 Å². The van der Waals surface area contributed by atoms with Gasteiger partial charge in [-0.15, -0.1) is 0 Å². The maximum absolute atomic E-state index is 10.8. The van der Waals surface area contributed by atoms with Crippen molar-refractivity contribution in [2.45, 2.75) is 112 Å². The number of ether oxygens (including phenoxy) is 1. The van der Waals surface area contributed by atoms with Gasteiger partial charge in [-0.2, -0.15) is 0 Å². The molecule has 0 heterocycles. The third kappa shape index (κ3) is 10.3. The molecule has 0 saturated carbocycles. The van der Waals surface area contributed by atoms with Gasteiger partial charge in [0.15, 0.2) is 0 Å². The van der Waals surface area contributed by atoms with Crippen molar-refractivity contribution in [1.82, 2.24) is 0 Å². The first kappa shape index (κ1) is 29.7. The summed E-state index contributed by atoms with van der Waals surface area (Å²) in [6.45, 7) is 20.4. The average Bonchev–Trinajstić information content (AvgIpc) is 2.70. The molecule has 0 aliphatic rings. The molecule has 0 bridgehead atoms. The van der Waals surface area contributed by atoms with Gasteiger partial charge in [-0.3, -0.25) is 0 Å². The van der Waals surface area contributed by atoms with E-state index in [1.165, 1.54) is 54.9 Å². The summed E-state index contributed by atoms with van der Waals surface area (Å²) in [7, 11) is 0. The zero-order valence-corrected chi connectivity index (χ0v) is 23.2. The van der Waals surface area contributed by atoms with Crippen molar-refractivity contribution < 1.29 is 14.6 Å². The van der Waals surface area contributed by atoms with Crippen LogP contribution in [0.25, 0.3) is 5.57 Å². The summed E-state index contributed by atoms with van der Waals surface area (Å²) in [5, 5.41) is 8.90. The maximum atomic E-state index is 10.8. The third-order valence-corrected chi connectivity index (χ3v) is 5.96. The predicted molar refractivity (Wildman–Crippen MR) is 147 cm³/mol. The van der Waals surface area contributed by atoms with Crippen molar-refractivity contribution >= 4 is 11.5 Å². The van der Waals surface area contributed by atoms with Gasteiger partial charge in [-0.25, -0.2) is 4.79 Å². The molecule has 0 fully saturated rings. The van der Waals surface area contributed by atoms with Crippen molar-refractivity contribution in [2.24, 2.45) is 0 Å². The van der Waals surface area contributed by atoms with Crippen LogP contribution in [0.15, 0.2) is 42.0 Å². The summed E-state index contributed by atoms with van der Waals surface area (Å²) >= 11 is 0. The Labute approximate surface area is 209 Å². The molecule has 0 aliphatic heterocycles. The van der Waals surface area contributed by atoms with Crippen LogP contribution in [0, 0.1) is 0 Å². The molecule has 34 heavy (non-hydrogen) atoms. The highest BCUT2D eigenvalue weighted by molar-refractivity contribution is 5.81. The molecule has 0 unspecified atom stereocenters. The number of unbranched alkanes of at least 4 members (excludes halogenated alkanes) is 5. The summed E-state index contributed by atoms with van der Waals surface area (Å²) in [5.74, 6) is 0.116. The van der Waals surface area contributed by atoms with E-state index in [2.05, 4.69) is 67.5 Å². The van der Waals surface area contributed by atoms with Gasteiger partial charge in [0, 0.05) is 17.2 Å². The number of carboxylic acid groups (broad SMARTS) is 1. The molecule has 1 aromatic rings. The summed E-state index contributed by atoms with van der Waals surface area (Å²) in [5.41, 5.74) is 5.39. The van der Waals surface area contributed by atoms with Crippen molar-refractivity contribution in [3.8, 4) is 5.75 Å². The van der Waals surface area contributed by atoms with Gasteiger partial charge in [0.1, 0.15) is 5.75 Å². The third-order valence-electron chi connectivity index (χ3n) is 5.96. The van der Waals surface area contributed by atoms with E-state index in [9.17, 15) is 4.79 Å². The molecule has 0 aliphatic carbocycles. The number of hydrogen-bond acceptors (Lipinski definition) is 2. The lowest BCUT2D eigenvalue weighted by Gasteiger charge is -2.31. The first-order valence-corrected chi connectivity index (χ1v) is 12.9. The fraction of sp³-hybridized carbons (Fsp3) is 0.581. The standard InChI is InChI=1S/C31H48O3/c1-10-11-12-13-14-15-19-34-29-26(30(4,5)6)21-25(22-27(29)31(7,8)9)24(3)18-16-17-23(2)20-28(32)33/h16-18,20-22H,10-15,19H2,1-9H3,(H,32,33)/b17-16+,23-20+,24-18+. The van der Waals surface area contributed by atoms with E-state index in [4.69, 9.17) is 9.84 Å². The highest BCUT2D eigenvalue weighted by Gasteiger charge is 2.28. The number of rotatable bonds is 12. The number of carboxylic acids is 1. The molecule has 0 amide bonds. The quantitative estimate of drug-likeness (QED) is 0.189. The van der Waals surface area contributed by atoms with Crippen LogP contribution in [0.4, 0.5) is 0 Å². The Kier molecular flexibility index (Phi) is 11.9. The Balaban J connectivity index is 3.29. The summed E-state index contributed by atoms with van der Waals surface area (Å²) in [6.07, 6.45) is 14.5. The second kappa shape index (κ2) is 13.6. The molecule has 3 heteroatoms. The first-order chi connectivity index (χ1) is 15.8. The van der Waals surface area contributed by atoms with Crippen molar-refractivity contribution in [1.29, 1.82) is 0 Å². The van der Waals surface area contributed by atoms with Gasteiger partial charge < -0.3 is 9.84 Å². The van der Waals surface area contributed by atoms with Crippen LogP contribution in [0.5, 0.6) is 5.75 Å². The Morgan fingerprint density at radius 1 is 0.912 bits per heavy atom. The van der Waals surface area contributed by atoms with Crippen molar-refractivity contribution in [2.75, 3.05) is 6.61 Å². The number of carbonyl (C=O) groups is 1. The van der Waals surface area contributed by atoms with Crippen molar-refractivity contribution in [3.63, 3.8) is 0 Å².